The molecule has 0 fully saturated rings. The number of hydrogen-bond donors (Lipinski definition) is 1. The minimum absolute atomic E-state index is 0.118. The molecule has 0 spiro atoms. The maximum atomic E-state index is 4.66. The first kappa shape index (κ1) is 15.2. The molecule has 110 valence electrons. The number of nitrogens with zero attached hydrogens (tertiary/aromatic N) is 3. The molecule has 0 atom stereocenters. The van der Waals surface area contributed by atoms with Crippen molar-refractivity contribution in [3.63, 3.8) is 0 Å². The molecule has 2 rings (SSSR count). The van der Waals surface area contributed by atoms with E-state index in [9.17, 15) is 0 Å². The Morgan fingerprint density at radius 3 is 2.50 bits per heavy atom. The maximum Gasteiger partial charge on any atom is 0.114 e. The Bertz CT molecular complexity index is 590. The number of hydrogen-bond acceptors (Lipinski definition) is 4. The monoisotopic (exact) mass is 292 g/mol. The van der Waals surface area contributed by atoms with E-state index in [1.165, 1.54) is 11.3 Å². The van der Waals surface area contributed by atoms with Gasteiger partial charge in [-0.25, -0.2) is 4.98 Å². The van der Waals surface area contributed by atoms with Crippen molar-refractivity contribution < 1.29 is 0 Å². The number of aryl methyl sites for hydroxylation is 2. The van der Waals surface area contributed by atoms with E-state index in [0.29, 0.717) is 0 Å². The lowest BCUT2D eigenvalue weighted by Gasteiger charge is -2.20. The molecule has 0 radical (unpaired) electrons. The zero-order valence-corrected chi connectivity index (χ0v) is 14.1. The van der Waals surface area contributed by atoms with Gasteiger partial charge in [-0.3, -0.25) is 4.68 Å². The summed E-state index contributed by atoms with van der Waals surface area (Å²) in [4.78, 5) is 4.51. The highest BCUT2D eigenvalue weighted by Crippen LogP contribution is 2.17. The van der Waals surface area contributed by atoms with Gasteiger partial charge in [0.15, 0.2) is 0 Å². The molecule has 4 nitrogen and oxygen atoms in total. The summed E-state index contributed by atoms with van der Waals surface area (Å²) in [5.41, 5.74) is 4.84. The second-order valence-electron chi connectivity index (χ2n) is 6.29. The molecule has 5 heteroatoms. The van der Waals surface area contributed by atoms with Crippen molar-refractivity contribution in [3.8, 4) is 0 Å². The minimum atomic E-state index is 0.118. The summed E-state index contributed by atoms with van der Waals surface area (Å²) in [6, 6.07) is 0. The van der Waals surface area contributed by atoms with Gasteiger partial charge in [0.25, 0.3) is 0 Å². The molecule has 0 saturated carbocycles. The van der Waals surface area contributed by atoms with Gasteiger partial charge in [0, 0.05) is 34.4 Å². The third-order valence-corrected chi connectivity index (χ3v) is 4.23. The molecule has 0 aromatic carbocycles. The van der Waals surface area contributed by atoms with Gasteiger partial charge in [0.2, 0.25) is 0 Å². The van der Waals surface area contributed by atoms with Crippen LogP contribution in [0, 0.1) is 20.8 Å². The number of aromatic nitrogens is 3. The Morgan fingerprint density at radius 1 is 1.25 bits per heavy atom. The van der Waals surface area contributed by atoms with Gasteiger partial charge in [-0.2, -0.15) is 5.10 Å². The van der Waals surface area contributed by atoms with Crippen molar-refractivity contribution in [3.05, 3.63) is 33.0 Å². The molecule has 0 aliphatic heterocycles. The van der Waals surface area contributed by atoms with Crippen LogP contribution in [-0.4, -0.2) is 20.3 Å². The van der Waals surface area contributed by atoms with E-state index >= 15 is 0 Å². The van der Waals surface area contributed by atoms with Crippen LogP contribution in [-0.2, 0) is 13.1 Å². The lowest BCUT2D eigenvalue weighted by atomic mass is 10.1. The fourth-order valence-corrected chi connectivity index (χ4v) is 2.85. The third kappa shape index (κ3) is 3.67. The second-order valence-corrected chi connectivity index (χ2v) is 7.24. The lowest BCUT2D eigenvalue weighted by molar-refractivity contribution is 0.423. The van der Waals surface area contributed by atoms with Gasteiger partial charge in [-0.05, 0) is 41.5 Å². The molecule has 2 aromatic heterocycles. The van der Waals surface area contributed by atoms with E-state index in [1.807, 2.05) is 6.92 Å². The summed E-state index contributed by atoms with van der Waals surface area (Å²) in [6.45, 7) is 14.4. The molecule has 2 aromatic rings. The first-order valence-corrected chi connectivity index (χ1v) is 7.83. The average molecular weight is 292 g/mol. The van der Waals surface area contributed by atoms with Crippen LogP contribution in [0.25, 0.3) is 0 Å². The molecule has 0 aliphatic carbocycles. The Balaban J connectivity index is 2.16. The number of rotatable bonds is 4. The Labute approximate surface area is 125 Å². The highest BCUT2D eigenvalue weighted by atomic mass is 32.1. The van der Waals surface area contributed by atoms with Gasteiger partial charge < -0.3 is 5.32 Å². The summed E-state index contributed by atoms with van der Waals surface area (Å²) in [5, 5.41) is 11.4. The van der Waals surface area contributed by atoms with Crippen LogP contribution in [0.2, 0.25) is 0 Å². The molecule has 0 aliphatic rings. The highest BCUT2D eigenvalue weighted by Gasteiger charge is 2.15. The van der Waals surface area contributed by atoms with Crippen LogP contribution in [0.5, 0.6) is 0 Å². The van der Waals surface area contributed by atoms with Crippen LogP contribution >= 0.6 is 11.3 Å². The predicted octanol–water partition coefficient (Wildman–Crippen LogP) is 3.20. The van der Waals surface area contributed by atoms with Crippen molar-refractivity contribution in [2.75, 3.05) is 0 Å². The van der Waals surface area contributed by atoms with Crippen molar-refractivity contribution in [2.45, 2.75) is 60.2 Å². The van der Waals surface area contributed by atoms with Crippen LogP contribution in [0.3, 0.4) is 0 Å². The summed E-state index contributed by atoms with van der Waals surface area (Å²) in [6.07, 6.45) is 0. The number of nitrogens with one attached hydrogen (secondary N) is 1. The Kier molecular flexibility index (Phi) is 4.30. The smallest absolute Gasteiger partial charge is 0.114 e. The van der Waals surface area contributed by atoms with Crippen LogP contribution in [0.15, 0.2) is 5.38 Å². The second kappa shape index (κ2) is 5.66. The average Bonchev–Trinajstić information content (AvgIpc) is 2.82. The van der Waals surface area contributed by atoms with E-state index in [1.54, 1.807) is 11.3 Å². The highest BCUT2D eigenvalue weighted by molar-refractivity contribution is 7.09. The standard InChI is InChI=1S/C15H24N4S/c1-10-9-20-14(17-10)8-19-12(3)13(11(2)18-19)7-16-15(4,5)6/h9,16H,7-8H2,1-6H3. The lowest BCUT2D eigenvalue weighted by Crippen LogP contribution is -2.35. The van der Waals surface area contributed by atoms with E-state index in [4.69, 9.17) is 0 Å². The molecule has 0 unspecified atom stereocenters. The zero-order chi connectivity index (χ0) is 14.9. The van der Waals surface area contributed by atoms with Crippen molar-refractivity contribution >= 4 is 11.3 Å². The fraction of sp³-hybridized carbons (Fsp3) is 0.600. The zero-order valence-electron chi connectivity index (χ0n) is 13.2. The molecule has 0 saturated heterocycles. The van der Waals surface area contributed by atoms with Crippen molar-refractivity contribution in [1.29, 1.82) is 0 Å². The normalized spacial score (nSPS) is 12.1. The van der Waals surface area contributed by atoms with Gasteiger partial charge in [-0.1, -0.05) is 0 Å². The van der Waals surface area contributed by atoms with E-state index in [0.717, 1.165) is 29.5 Å². The first-order chi connectivity index (χ1) is 9.26. The molecule has 1 N–H and O–H groups in total. The van der Waals surface area contributed by atoms with Crippen LogP contribution < -0.4 is 5.32 Å². The fourth-order valence-electron chi connectivity index (χ4n) is 2.10. The Hall–Kier alpha value is -1.20. The van der Waals surface area contributed by atoms with E-state index < -0.39 is 0 Å². The topological polar surface area (TPSA) is 42.7 Å². The van der Waals surface area contributed by atoms with E-state index in [2.05, 4.69) is 60.1 Å². The molecular formula is C15H24N4S. The van der Waals surface area contributed by atoms with Crippen molar-refractivity contribution in [2.24, 2.45) is 0 Å². The molecule has 2 heterocycles. The summed E-state index contributed by atoms with van der Waals surface area (Å²) in [7, 11) is 0. The predicted molar refractivity (Wildman–Crippen MR) is 84.2 cm³/mol. The molecular weight excluding hydrogens is 268 g/mol. The summed E-state index contributed by atoms with van der Waals surface area (Å²) >= 11 is 1.70. The van der Waals surface area contributed by atoms with Crippen molar-refractivity contribution in [1.82, 2.24) is 20.1 Å². The SMILES string of the molecule is Cc1csc(Cn2nc(C)c(CNC(C)(C)C)c2C)n1. The Morgan fingerprint density at radius 2 is 1.95 bits per heavy atom. The van der Waals surface area contributed by atoms with Gasteiger partial charge >= 0.3 is 0 Å². The maximum absolute atomic E-state index is 4.66. The van der Waals surface area contributed by atoms with E-state index in [-0.39, 0.29) is 5.54 Å². The molecule has 0 amide bonds. The largest absolute Gasteiger partial charge is 0.308 e. The molecule has 0 bridgehead atoms. The van der Waals surface area contributed by atoms with Gasteiger partial charge in [-0.15, -0.1) is 11.3 Å². The quantitative estimate of drug-likeness (QED) is 0.941. The van der Waals surface area contributed by atoms with Gasteiger partial charge in [0.1, 0.15) is 5.01 Å². The minimum Gasteiger partial charge on any atom is -0.308 e. The number of thiazole rings is 1. The van der Waals surface area contributed by atoms with Crippen LogP contribution in [0.4, 0.5) is 0 Å². The summed E-state index contributed by atoms with van der Waals surface area (Å²) in [5.74, 6) is 0. The third-order valence-electron chi connectivity index (χ3n) is 3.28. The molecule has 20 heavy (non-hydrogen) atoms. The van der Waals surface area contributed by atoms with Crippen LogP contribution in [0.1, 0.15) is 48.4 Å². The van der Waals surface area contributed by atoms with Gasteiger partial charge in [0.05, 0.1) is 12.2 Å². The summed E-state index contributed by atoms with van der Waals surface area (Å²) < 4.78 is 2.06. The first-order valence-electron chi connectivity index (χ1n) is 6.95.